The minimum Gasteiger partial charge on any atom is -0.400 e. The zero-order valence-corrected chi connectivity index (χ0v) is 7.70. The fourth-order valence-corrected chi connectivity index (χ4v) is 0.933. The molecule has 1 aromatic carbocycles. The summed E-state index contributed by atoms with van der Waals surface area (Å²) >= 11 is 2.64. The molecule has 0 aliphatic carbocycles. The van der Waals surface area contributed by atoms with E-state index in [4.69, 9.17) is 5.11 Å². The van der Waals surface area contributed by atoms with Gasteiger partial charge in [-0.1, -0.05) is 0 Å². The average molecular weight is 243 g/mol. The van der Waals surface area contributed by atoms with Gasteiger partial charge in [-0.2, -0.15) is 0 Å². The van der Waals surface area contributed by atoms with Crippen LogP contribution < -0.4 is 0 Å². The Balaban J connectivity index is 0.000000561. The number of aliphatic hydroxyl groups is 1. The predicted molar refractivity (Wildman–Crippen MR) is 42.2 cm³/mol. The van der Waals surface area contributed by atoms with Crippen LogP contribution in [0, 0.1) is 17.5 Å². The molecule has 0 aliphatic heterocycles. The van der Waals surface area contributed by atoms with E-state index in [0.29, 0.717) is 6.07 Å². The van der Waals surface area contributed by atoms with Gasteiger partial charge in [0.2, 0.25) is 0 Å². The summed E-state index contributed by atoms with van der Waals surface area (Å²) in [5.74, 6) is -3.06. The number of halogens is 4. The van der Waals surface area contributed by atoms with Crippen LogP contribution in [0.2, 0.25) is 0 Å². The molecule has 0 saturated carbocycles. The highest BCUT2D eigenvalue weighted by Gasteiger charge is 2.07. The van der Waals surface area contributed by atoms with E-state index in [-0.39, 0.29) is 4.47 Å². The Kier molecular flexibility index (Phi) is 4.92. The SMILES string of the molecule is CO.Fc1cc(F)c(F)c(Br)c1. The van der Waals surface area contributed by atoms with Gasteiger partial charge in [0.05, 0.1) is 4.47 Å². The fraction of sp³-hybridized carbons (Fsp3) is 0.143. The molecule has 12 heavy (non-hydrogen) atoms. The number of aliphatic hydroxyl groups excluding tert-OH is 1. The van der Waals surface area contributed by atoms with E-state index in [1.54, 1.807) is 0 Å². The van der Waals surface area contributed by atoms with Gasteiger partial charge in [-0.25, -0.2) is 13.2 Å². The minimum absolute atomic E-state index is 0.204. The van der Waals surface area contributed by atoms with Gasteiger partial charge < -0.3 is 5.11 Å². The maximum Gasteiger partial charge on any atom is 0.173 e. The smallest absolute Gasteiger partial charge is 0.173 e. The molecule has 5 heteroatoms. The van der Waals surface area contributed by atoms with Crippen molar-refractivity contribution in [2.24, 2.45) is 0 Å². The van der Waals surface area contributed by atoms with Crippen molar-refractivity contribution in [2.45, 2.75) is 0 Å². The largest absolute Gasteiger partial charge is 0.400 e. The molecule has 1 rings (SSSR count). The number of hydrogen-bond donors (Lipinski definition) is 1. The Hall–Kier alpha value is -0.550. The molecule has 0 fully saturated rings. The number of hydrogen-bond acceptors (Lipinski definition) is 1. The third-order valence-electron chi connectivity index (χ3n) is 0.949. The third kappa shape index (κ3) is 2.83. The van der Waals surface area contributed by atoms with Crippen molar-refractivity contribution in [3.05, 3.63) is 34.1 Å². The van der Waals surface area contributed by atoms with Crippen LogP contribution in [0.5, 0.6) is 0 Å². The second-order valence-corrected chi connectivity index (χ2v) is 2.54. The van der Waals surface area contributed by atoms with Crippen molar-refractivity contribution in [1.29, 1.82) is 0 Å². The molecule has 0 saturated heterocycles. The van der Waals surface area contributed by atoms with Gasteiger partial charge in [0.25, 0.3) is 0 Å². The lowest BCUT2D eigenvalue weighted by Gasteiger charge is -1.94. The number of rotatable bonds is 0. The molecule has 68 valence electrons. The minimum atomic E-state index is -1.19. The molecule has 1 nitrogen and oxygen atoms in total. The van der Waals surface area contributed by atoms with Crippen molar-refractivity contribution in [2.75, 3.05) is 7.11 Å². The molecule has 0 aliphatic rings. The molecule has 0 unspecified atom stereocenters. The van der Waals surface area contributed by atoms with Gasteiger partial charge in [0.1, 0.15) is 5.82 Å². The molecule has 0 aromatic heterocycles. The van der Waals surface area contributed by atoms with Gasteiger partial charge in [-0.05, 0) is 22.0 Å². The van der Waals surface area contributed by atoms with E-state index in [9.17, 15) is 13.2 Å². The van der Waals surface area contributed by atoms with Gasteiger partial charge in [0, 0.05) is 13.2 Å². The summed E-state index contributed by atoms with van der Waals surface area (Å²) in [7, 11) is 1.00. The fourth-order valence-electron chi connectivity index (χ4n) is 0.525. The van der Waals surface area contributed by atoms with Crippen molar-refractivity contribution in [1.82, 2.24) is 0 Å². The second kappa shape index (κ2) is 5.16. The summed E-state index contributed by atoms with van der Waals surface area (Å²) in [5.41, 5.74) is 0. The molecule has 0 atom stereocenters. The van der Waals surface area contributed by atoms with Gasteiger partial charge >= 0.3 is 0 Å². The summed E-state index contributed by atoms with van der Waals surface area (Å²) in [6.07, 6.45) is 0. The topological polar surface area (TPSA) is 20.2 Å². The van der Waals surface area contributed by atoms with Gasteiger partial charge in [-0.3, -0.25) is 0 Å². The van der Waals surface area contributed by atoms with Crippen molar-refractivity contribution in [3.63, 3.8) is 0 Å². The summed E-state index contributed by atoms with van der Waals surface area (Å²) in [6, 6.07) is 1.35. The predicted octanol–water partition coefficient (Wildman–Crippen LogP) is 2.47. The Morgan fingerprint density at radius 1 is 1.17 bits per heavy atom. The monoisotopic (exact) mass is 242 g/mol. The molecule has 0 radical (unpaired) electrons. The highest BCUT2D eigenvalue weighted by molar-refractivity contribution is 9.10. The first-order chi connectivity index (χ1) is 5.61. The van der Waals surface area contributed by atoms with Crippen molar-refractivity contribution >= 4 is 15.9 Å². The van der Waals surface area contributed by atoms with Crippen LogP contribution in [0.15, 0.2) is 16.6 Å². The zero-order valence-electron chi connectivity index (χ0n) is 6.11. The van der Waals surface area contributed by atoms with E-state index in [1.165, 1.54) is 0 Å². The maximum absolute atomic E-state index is 12.3. The first-order valence-corrected chi connectivity index (χ1v) is 3.65. The molecular weight excluding hydrogens is 237 g/mol. The standard InChI is InChI=1S/C6H2BrF3.CH4O/c7-4-1-3(8)2-5(9)6(4)10;1-2/h1-2H;2H,1H3. The van der Waals surface area contributed by atoms with Gasteiger partial charge in [0.15, 0.2) is 11.6 Å². The summed E-state index contributed by atoms with van der Waals surface area (Å²) in [6.45, 7) is 0. The Morgan fingerprint density at radius 2 is 1.67 bits per heavy atom. The zero-order chi connectivity index (χ0) is 9.72. The molecule has 1 N–H and O–H groups in total. The highest BCUT2D eigenvalue weighted by Crippen LogP contribution is 2.18. The first kappa shape index (κ1) is 11.4. The third-order valence-corrected chi connectivity index (χ3v) is 1.53. The quantitative estimate of drug-likeness (QED) is 0.548. The van der Waals surface area contributed by atoms with Crippen molar-refractivity contribution < 1.29 is 18.3 Å². The summed E-state index contributed by atoms with van der Waals surface area (Å²) < 4.78 is 36.5. The van der Waals surface area contributed by atoms with E-state index in [0.717, 1.165) is 13.2 Å². The Morgan fingerprint density at radius 3 is 2.08 bits per heavy atom. The molecule has 0 amide bonds. The summed E-state index contributed by atoms with van der Waals surface area (Å²) in [5, 5.41) is 7.00. The van der Waals surface area contributed by atoms with Crippen molar-refractivity contribution in [3.8, 4) is 0 Å². The summed E-state index contributed by atoms with van der Waals surface area (Å²) in [4.78, 5) is 0. The molecule has 1 aromatic rings. The van der Waals surface area contributed by atoms with Crippen LogP contribution in [0.25, 0.3) is 0 Å². The lowest BCUT2D eigenvalue weighted by Crippen LogP contribution is -1.86. The Labute approximate surface area is 76.0 Å². The lowest BCUT2D eigenvalue weighted by atomic mass is 10.3. The van der Waals surface area contributed by atoms with Crippen LogP contribution in [0.3, 0.4) is 0 Å². The first-order valence-electron chi connectivity index (χ1n) is 2.86. The van der Waals surface area contributed by atoms with E-state index in [2.05, 4.69) is 15.9 Å². The maximum atomic E-state index is 12.3. The highest BCUT2D eigenvalue weighted by atomic mass is 79.9. The normalized spacial score (nSPS) is 8.83. The Bertz CT molecular complexity index is 242. The molecule has 0 heterocycles. The molecule has 0 bridgehead atoms. The lowest BCUT2D eigenvalue weighted by molar-refractivity contribution is 0.399. The van der Waals surface area contributed by atoms with Crippen LogP contribution in [-0.4, -0.2) is 12.2 Å². The van der Waals surface area contributed by atoms with E-state index >= 15 is 0 Å². The van der Waals surface area contributed by atoms with E-state index in [1.807, 2.05) is 0 Å². The van der Waals surface area contributed by atoms with Crippen LogP contribution in [0.1, 0.15) is 0 Å². The number of benzene rings is 1. The van der Waals surface area contributed by atoms with Crippen LogP contribution >= 0.6 is 15.9 Å². The van der Waals surface area contributed by atoms with Gasteiger partial charge in [-0.15, -0.1) is 0 Å². The molecule has 0 spiro atoms. The average Bonchev–Trinajstić information content (AvgIpc) is 2.04. The van der Waals surface area contributed by atoms with Crippen LogP contribution in [0.4, 0.5) is 13.2 Å². The van der Waals surface area contributed by atoms with Crippen LogP contribution in [-0.2, 0) is 0 Å². The second-order valence-electron chi connectivity index (χ2n) is 1.68. The van der Waals surface area contributed by atoms with E-state index < -0.39 is 17.5 Å². The molecular formula is C7H6BrF3O.